The summed E-state index contributed by atoms with van der Waals surface area (Å²) in [6.07, 6.45) is 0.149. The molecule has 1 unspecified atom stereocenters. The summed E-state index contributed by atoms with van der Waals surface area (Å²) < 4.78 is 6.51. The van der Waals surface area contributed by atoms with Crippen LogP contribution in [0.2, 0.25) is 0 Å². The molecule has 1 saturated heterocycles. The second-order valence-electron chi connectivity index (χ2n) is 4.68. The lowest BCUT2D eigenvalue weighted by Crippen LogP contribution is -2.68. The highest BCUT2D eigenvalue weighted by Crippen LogP contribution is 2.40. The number of hydrogen-bond acceptors (Lipinski definition) is 10. The van der Waals surface area contributed by atoms with Crippen molar-refractivity contribution in [3.8, 4) is 0 Å². The first kappa shape index (κ1) is 15.3. The number of rotatable bonds is 4. The monoisotopic (exact) mass is 346 g/mol. The van der Waals surface area contributed by atoms with Crippen molar-refractivity contribution in [3.63, 3.8) is 0 Å². The Labute approximate surface area is 134 Å². The lowest BCUT2D eigenvalue weighted by Gasteiger charge is -2.47. The summed E-state index contributed by atoms with van der Waals surface area (Å²) in [5.41, 5.74) is 9.20. The molecule has 0 aromatic carbocycles. The van der Waals surface area contributed by atoms with E-state index in [1.54, 1.807) is 15.9 Å². The van der Waals surface area contributed by atoms with E-state index >= 15 is 0 Å². The van der Waals surface area contributed by atoms with Gasteiger partial charge in [0.2, 0.25) is 11.8 Å². The molecule has 4 N–H and O–H groups in total. The van der Waals surface area contributed by atoms with Gasteiger partial charge in [0.05, 0.1) is 0 Å². The molecule has 0 aromatic rings. The number of β-lactam (4-membered cyclic amide) rings is 1. The van der Waals surface area contributed by atoms with Gasteiger partial charge in [-0.1, -0.05) is 4.52 Å². The number of carboxylic acid groups (broad SMARTS) is 1. The number of hydrazone groups is 1. The fourth-order valence-corrected chi connectivity index (χ4v) is 4.37. The zero-order chi connectivity index (χ0) is 15.9. The number of fused-ring (bicyclic) bond motifs is 1. The first-order valence-electron chi connectivity index (χ1n) is 6.26. The molecule has 3 aliphatic heterocycles. The molecule has 3 rings (SSSR count). The van der Waals surface area contributed by atoms with Crippen LogP contribution in [0.25, 0.3) is 0 Å². The van der Waals surface area contributed by atoms with Crippen molar-refractivity contribution in [3.05, 3.63) is 11.5 Å². The van der Waals surface area contributed by atoms with E-state index in [2.05, 4.69) is 10.6 Å². The van der Waals surface area contributed by atoms with E-state index in [1.807, 2.05) is 7.05 Å². The van der Waals surface area contributed by atoms with Crippen LogP contribution >= 0.6 is 23.7 Å². The van der Waals surface area contributed by atoms with Crippen LogP contribution in [0.1, 0.15) is 0 Å². The van der Waals surface area contributed by atoms with Gasteiger partial charge in [-0.05, 0) is 11.9 Å². The minimum Gasteiger partial charge on any atom is -0.449 e. The van der Waals surface area contributed by atoms with Crippen LogP contribution in [-0.2, 0) is 9.53 Å². The Kier molecular flexibility index (Phi) is 4.08. The van der Waals surface area contributed by atoms with E-state index in [4.69, 9.17) is 15.6 Å². The van der Waals surface area contributed by atoms with Gasteiger partial charge in [-0.3, -0.25) is 14.7 Å². The van der Waals surface area contributed by atoms with Crippen LogP contribution < -0.4 is 11.3 Å². The number of nitrogens with two attached hydrogens (primary N) is 1. The summed E-state index contributed by atoms with van der Waals surface area (Å²) in [5.74, 6) is 0.756. The van der Waals surface area contributed by atoms with Gasteiger partial charge in [0.1, 0.15) is 17.8 Å². The fourth-order valence-electron chi connectivity index (χ4n) is 2.14. The van der Waals surface area contributed by atoms with Crippen LogP contribution in [-0.4, -0.2) is 67.9 Å². The van der Waals surface area contributed by atoms with E-state index in [-0.39, 0.29) is 17.2 Å². The summed E-state index contributed by atoms with van der Waals surface area (Å²) >= 11 is 2.87. The zero-order valence-corrected chi connectivity index (χ0v) is 13.1. The van der Waals surface area contributed by atoms with Crippen LogP contribution in [0.5, 0.6) is 0 Å². The standard InChI is InChI=1S/C10H14N6O4S2/c1-14-4-12-13-16(14)22-3-5-2-21-9-6(11)7(17)15(9)8(5)20-10(18)19/h4,6,9,13H,2-3,11H2,1H3,(H,18,19)/t6?,9-/m0/s1. The quantitative estimate of drug-likeness (QED) is 0.345. The van der Waals surface area contributed by atoms with Crippen molar-refractivity contribution in [1.82, 2.24) is 20.0 Å². The highest BCUT2D eigenvalue weighted by atomic mass is 32.2. The van der Waals surface area contributed by atoms with Gasteiger partial charge in [-0.25, -0.2) is 10.3 Å². The van der Waals surface area contributed by atoms with Crippen LogP contribution in [0.15, 0.2) is 16.6 Å². The van der Waals surface area contributed by atoms with Crippen molar-refractivity contribution >= 4 is 42.1 Å². The van der Waals surface area contributed by atoms with E-state index in [0.29, 0.717) is 11.5 Å². The molecule has 0 aliphatic carbocycles. The number of hydrazine groups is 2. The molecular formula is C10H14N6O4S2. The second kappa shape index (κ2) is 5.87. The van der Waals surface area contributed by atoms with Gasteiger partial charge >= 0.3 is 6.16 Å². The van der Waals surface area contributed by atoms with Gasteiger partial charge in [0.25, 0.3) is 0 Å². The highest BCUT2D eigenvalue weighted by Gasteiger charge is 2.51. The maximum absolute atomic E-state index is 11.9. The molecule has 0 aromatic heterocycles. The Bertz CT molecular complexity index is 570. The summed E-state index contributed by atoms with van der Waals surface area (Å²) in [6, 6.07) is -0.605. The van der Waals surface area contributed by atoms with Crippen LogP contribution in [0.4, 0.5) is 4.79 Å². The topological polar surface area (TPSA) is 124 Å². The number of nitrogens with zero attached hydrogens (tertiary/aromatic N) is 4. The number of carbonyl (C=O) groups is 2. The first-order valence-corrected chi connectivity index (χ1v) is 8.26. The molecular weight excluding hydrogens is 332 g/mol. The third kappa shape index (κ3) is 2.58. The molecule has 1 amide bonds. The smallest absolute Gasteiger partial charge is 0.449 e. The minimum absolute atomic E-state index is 0.0817. The maximum atomic E-state index is 11.9. The van der Waals surface area contributed by atoms with Gasteiger partial charge in [0, 0.05) is 24.1 Å². The zero-order valence-electron chi connectivity index (χ0n) is 11.5. The van der Waals surface area contributed by atoms with Gasteiger partial charge in [0.15, 0.2) is 0 Å². The number of nitrogens with one attached hydrogen (secondary N) is 1. The van der Waals surface area contributed by atoms with Crippen LogP contribution in [0, 0.1) is 0 Å². The average molecular weight is 346 g/mol. The lowest BCUT2D eigenvalue weighted by atomic mass is 10.1. The molecule has 3 heterocycles. The minimum atomic E-state index is -1.45. The molecule has 1 fully saturated rings. The van der Waals surface area contributed by atoms with Crippen molar-refractivity contribution in [2.75, 3.05) is 18.6 Å². The van der Waals surface area contributed by atoms with Gasteiger partial charge in [-0.2, -0.15) is 5.10 Å². The van der Waals surface area contributed by atoms with E-state index in [1.165, 1.54) is 28.6 Å². The summed E-state index contributed by atoms with van der Waals surface area (Å²) in [5, 5.41) is 14.2. The van der Waals surface area contributed by atoms with Crippen LogP contribution in [0.3, 0.4) is 0 Å². The third-order valence-electron chi connectivity index (χ3n) is 3.23. The van der Waals surface area contributed by atoms with E-state index in [9.17, 15) is 9.59 Å². The number of amides is 1. The molecule has 120 valence electrons. The Morgan fingerprint density at radius 3 is 3.14 bits per heavy atom. The molecule has 10 nitrogen and oxygen atoms in total. The molecule has 22 heavy (non-hydrogen) atoms. The largest absolute Gasteiger partial charge is 0.512 e. The molecule has 0 bridgehead atoms. The summed E-state index contributed by atoms with van der Waals surface area (Å²) in [6.45, 7) is 0. The molecule has 12 heteroatoms. The van der Waals surface area contributed by atoms with Gasteiger partial charge < -0.3 is 15.6 Å². The Balaban J connectivity index is 1.74. The fraction of sp³-hybridized carbons (Fsp3) is 0.500. The molecule has 2 atom stereocenters. The van der Waals surface area contributed by atoms with Crippen molar-refractivity contribution in [2.45, 2.75) is 11.4 Å². The van der Waals surface area contributed by atoms with Crippen molar-refractivity contribution in [2.24, 2.45) is 10.8 Å². The van der Waals surface area contributed by atoms with E-state index < -0.39 is 12.2 Å². The predicted molar refractivity (Wildman–Crippen MR) is 80.9 cm³/mol. The Morgan fingerprint density at radius 2 is 2.50 bits per heavy atom. The first-order chi connectivity index (χ1) is 10.5. The van der Waals surface area contributed by atoms with Crippen molar-refractivity contribution < 1.29 is 19.4 Å². The Morgan fingerprint density at radius 1 is 1.73 bits per heavy atom. The number of hydrogen-bond donors (Lipinski definition) is 3. The number of ether oxygens (including phenoxy) is 1. The molecule has 0 saturated carbocycles. The van der Waals surface area contributed by atoms with E-state index in [0.717, 1.165) is 5.57 Å². The third-order valence-corrected chi connectivity index (χ3v) is 5.66. The Hall–Kier alpha value is -1.63. The van der Waals surface area contributed by atoms with Gasteiger partial charge in [-0.15, -0.1) is 11.8 Å². The molecule has 0 spiro atoms. The van der Waals surface area contributed by atoms with Crippen molar-refractivity contribution in [1.29, 1.82) is 0 Å². The highest BCUT2D eigenvalue weighted by molar-refractivity contribution is 8.00. The number of carbonyl (C=O) groups excluding carboxylic acids is 1. The average Bonchev–Trinajstić information content (AvgIpc) is 2.89. The maximum Gasteiger partial charge on any atom is 0.512 e. The summed E-state index contributed by atoms with van der Waals surface area (Å²) in [4.78, 5) is 24.1. The predicted octanol–water partition coefficient (Wildman–Crippen LogP) is -0.606. The number of thioether (sulfide) groups is 1. The molecule has 3 aliphatic rings. The SMILES string of the molecule is CN1C=NNN1SCC1=C(OC(=O)O)N2C(=O)C(N)[C@@H]2SC1. The molecule has 0 radical (unpaired) electrons. The summed E-state index contributed by atoms with van der Waals surface area (Å²) in [7, 11) is 1.81. The normalized spacial score (nSPS) is 27.6. The lowest BCUT2D eigenvalue weighted by molar-refractivity contribution is -0.144. The second-order valence-corrected chi connectivity index (χ2v) is 6.67.